The van der Waals surface area contributed by atoms with Crippen molar-refractivity contribution in [2.24, 2.45) is 0 Å². The van der Waals surface area contributed by atoms with E-state index in [1.54, 1.807) is 6.07 Å². The monoisotopic (exact) mass is 178 g/mol. The van der Waals surface area contributed by atoms with Gasteiger partial charge in [0.05, 0.1) is 11.6 Å². The molecule has 2 nitrogen and oxygen atoms in total. The third-order valence-corrected chi connectivity index (χ3v) is 2.13. The lowest BCUT2D eigenvalue weighted by Crippen LogP contribution is -1.88. The Morgan fingerprint density at radius 1 is 1.50 bits per heavy atom. The first-order valence-corrected chi connectivity index (χ1v) is 4.25. The molecule has 2 rings (SSSR count). The summed E-state index contributed by atoms with van der Waals surface area (Å²) in [5.41, 5.74) is 1.58. The van der Waals surface area contributed by atoms with E-state index in [1.165, 1.54) is 12.8 Å². The zero-order valence-electron chi connectivity index (χ0n) is 6.42. The fourth-order valence-electron chi connectivity index (χ4n) is 1.17. The van der Waals surface area contributed by atoms with Crippen LogP contribution in [-0.2, 0) is 0 Å². The summed E-state index contributed by atoms with van der Waals surface area (Å²) >= 11 is 5.74. The van der Waals surface area contributed by atoms with Gasteiger partial charge in [0.15, 0.2) is 0 Å². The van der Waals surface area contributed by atoms with Crippen molar-refractivity contribution in [1.82, 2.24) is 4.98 Å². The van der Waals surface area contributed by atoms with Crippen molar-refractivity contribution in [1.29, 1.82) is 5.26 Å². The summed E-state index contributed by atoms with van der Waals surface area (Å²) in [5, 5.41) is 9.08. The van der Waals surface area contributed by atoms with Gasteiger partial charge in [-0.05, 0) is 25.0 Å². The number of pyridine rings is 1. The van der Waals surface area contributed by atoms with Gasteiger partial charge < -0.3 is 0 Å². The normalized spacial score (nSPS) is 15.7. The number of rotatable bonds is 1. The molecule has 1 heterocycles. The smallest absolute Gasteiger partial charge is 0.130 e. The third-order valence-electron chi connectivity index (χ3n) is 1.94. The molecular formula is C9H7ClN2. The van der Waals surface area contributed by atoms with Gasteiger partial charge in [0.2, 0.25) is 0 Å². The van der Waals surface area contributed by atoms with Crippen LogP contribution in [0.15, 0.2) is 12.1 Å². The second kappa shape index (κ2) is 2.76. The van der Waals surface area contributed by atoms with Crippen molar-refractivity contribution in [3.8, 4) is 6.07 Å². The maximum atomic E-state index is 8.65. The second-order valence-electron chi connectivity index (χ2n) is 2.99. The quantitative estimate of drug-likeness (QED) is 0.620. The minimum Gasteiger partial charge on any atom is -0.241 e. The van der Waals surface area contributed by atoms with Crippen LogP contribution in [-0.4, -0.2) is 4.98 Å². The highest BCUT2D eigenvalue weighted by Crippen LogP contribution is 2.39. The predicted molar refractivity (Wildman–Crippen MR) is 45.9 cm³/mol. The zero-order chi connectivity index (χ0) is 8.55. The van der Waals surface area contributed by atoms with Crippen LogP contribution in [0.2, 0.25) is 5.15 Å². The molecule has 0 saturated heterocycles. The van der Waals surface area contributed by atoms with E-state index in [4.69, 9.17) is 16.9 Å². The molecule has 1 fully saturated rings. The Labute approximate surface area is 75.8 Å². The lowest BCUT2D eigenvalue weighted by Gasteiger charge is -1.97. The molecule has 1 aromatic heterocycles. The lowest BCUT2D eigenvalue weighted by atomic mass is 10.2. The van der Waals surface area contributed by atoms with Crippen molar-refractivity contribution < 1.29 is 0 Å². The first-order valence-electron chi connectivity index (χ1n) is 3.87. The molecule has 0 aliphatic heterocycles. The van der Waals surface area contributed by atoms with Gasteiger partial charge in [-0.2, -0.15) is 5.26 Å². The first-order chi connectivity index (χ1) is 5.79. The molecule has 0 unspecified atom stereocenters. The highest BCUT2D eigenvalue weighted by molar-refractivity contribution is 6.29. The first kappa shape index (κ1) is 7.57. The van der Waals surface area contributed by atoms with Gasteiger partial charge in [0.25, 0.3) is 0 Å². The van der Waals surface area contributed by atoms with Crippen LogP contribution in [0.3, 0.4) is 0 Å². The van der Waals surface area contributed by atoms with Crippen LogP contribution in [0.4, 0.5) is 0 Å². The van der Waals surface area contributed by atoms with Crippen molar-refractivity contribution in [2.45, 2.75) is 18.8 Å². The summed E-state index contributed by atoms with van der Waals surface area (Å²) in [7, 11) is 0. The van der Waals surface area contributed by atoms with E-state index in [0.29, 0.717) is 16.6 Å². The highest BCUT2D eigenvalue weighted by Gasteiger charge is 2.25. The van der Waals surface area contributed by atoms with E-state index in [0.717, 1.165) is 5.69 Å². The number of aromatic nitrogens is 1. The molecule has 1 aliphatic carbocycles. The van der Waals surface area contributed by atoms with Crippen LogP contribution < -0.4 is 0 Å². The van der Waals surface area contributed by atoms with Crippen LogP contribution in [0.1, 0.15) is 30.0 Å². The fraction of sp³-hybridized carbons (Fsp3) is 0.333. The molecule has 0 aromatic carbocycles. The minimum atomic E-state index is 0.427. The summed E-state index contributed by atoms with van der Waals surface area (Å²) in [6.45, 7) is 0. The molecule has 1 aliphatic rings. The molecule has 1 aromatic rings. The molecule has 0 N–H and O–H groups in total. The largest absolute Gasteiger partial charge is 0.241 e. The van der Waals surface area contributed by atoms with Gasteiger partial charge >= 0.3 is 0 Å². The average molecular weight is 179 g/mol. The Bertz CT molecular complexity index is 350. The van der Waals surface area contributed by atoms with Crippen LogP contribution in [0.5, 0.6) is 0 Å². The zero-order valence-corrected chi connectivity index (χ0v) is 7.17. The van der Waals surface area contributed by atoms with Crippen LogP contribution in [0.25, 0.3) is 0 Å². The standard InChI is InChI=1S/C9H7ClN2/c10-9-4-6(5-11)3-8(12-9)7-1-2-7/h3-4,7H,1-2H2. The predicted octanol–water partition coefficient (Wildman–Crippen LogP) is 2.48. The Kier molecular flexibility index (Phi) is 1.74. The third kappa shape index (κ3) is 1.41. The maximum Gasteiger partial charge on any atom is 0.130 e. The van der Waals surface area contributed by atoms with Crippen molar-refractivity contribution >= 4 is 11.6 Å². The van der Waals surface area contributed by atoms with Gasteiger partial charge in [-0.3, -0.25) is 0 Å². The maximum absolute atomic E-state index is 8.65. The van der Waals surface area contributed by atoms with Crippen molar-refractivity contribution in [2.75, 3.05) is 0 Å². The lowest BCUT2D eigenvalue weighted by molar-refractivity contribution is 1.02. The van der Waals surface area contributed by atoms with Gasteiger partial charge in [-0.1, -0.05) is 11.6 Å². The Hall–Kier alpha value is -1.07. The topological polar surface area (TPSA) is 36.7 Å². The molecule has 3 heteroatoms. The molecule has 0 bridgehead atoms. The number of hydrogen-bond donors (Lipinski definition) is 0. The second-order valence-corrected chi connectivity index (χ2v) is 3.38. The number of nitriles is 1. The number of halogens is 1. The minimum absolute atomic E-state index is 0.427. The Balaban J connectivity index is 2.43. The van der Waals surface area contributed by atoms with Crippen LogP contribution in [0, 0.1) is 11.3 Å². The van der Waals surface area contributed by atoms with E-state index in [2.05, 4.69) is 11.1 Å². The van der Waals surface area contributed by atoms with Gasteiger partial charge in [0, 0.05) is 11.6 Å². The average Bonchev–Trinajstić information content (AvgIpc) is 2.85. The van der Waals surface area contributed by atoms with E-state index >= 15 is 0 Å². The van der Waals surface area contributed by atoms with Crippen LogP contribution >= 0.6 is 11.6 Å². The summed E-state index contributed by atoms with van der Waals surface area (Å²) in [6, 6.07) is 5.48. The van der Waals surface area contributed by atoms with E-state index in [-0.39, 0.29) is 0 Å². The highest BCUT2D eigenvalue weighted by atomic mass is 35.5. The number of hydrogen-bond acceptors (Lipinski definition) is 2. The number of nitrogens with zero attached hydrogens (tertiary/aromatic N) is 2. The van der Waals surface area contributed by atoms with Gasteiger partial charge in [-0.15, -0.1) is 0 Å². The van der Waals surface area contributed by atoms with Crippen molar-refractivity contribution in [3.63, 3.8) is 0 Å². The van der Waals surface area contributed by atoms with Gasteiger partial charge in [-0.25, -0.2) is 4.98 Å². The summed E-state index contributed by atoms with van der Waals surface area (Å²) in [5.74, 6) is 0.552. The Morgan fingerprint density at radius 2 is 2.25 bits per heavy atom. The molecule has 1 saturated carbocycles. The summed E-state index contributed by atoms with van der Waals surface area (Å²) in [4.78, 5) is 4.16. The fourth-order valence-corrected chi connectivity index (χ4v) is 1.39. The summed E-state index contributed by atoms with van der Waals surface area (Å²) in [6.07, 6.45) is 2.36. The SMILES string of the molecule is N#Cc1cc(Cl)nc(C2CC2)c1. The summed E-state index contributed by atoms with van der Waals surface area (Å²) < 4.78 is 0. The van der Waals surface area contributed by atoms with Crippen molar-refractivity contribution in [3.05, 3.63) is 28.5 Å². The molecule has 12 heavy (non-hydrogen) atoms. The molecule has 0 amide bonds. The molecule has 0 atom stereocenters. The Morgan fingerprint density at radius 3 is 2.83 bits per heavy atom. The van der Waals surface area contributed by atoms with E-state index in [9.17, 15) is 0 Å². The van der Waals surface area contributed by atoms with E-state index < -0.39 is 0 Å². The molecule has 60 valence electrons. The molecule has 0 radical (unpaired) electrons. The molecule has 0 spiro atoms. The van der Waals surface area contributed by atoms with E-state index in [1.807, 2.05) is 6.07 Å². The van der Waals surface area contributed by atoms with Gasteiger partial charge in [0.1, 0.15) is 5.15 Å². The molecular weight excluding hydrogens is 172 g/mol.